The zero-order chi connectivity index (χ0) is 22.9. The first-order valence-corrected chi connectivity index (χ1v) is 10.8. The van der Waals surface area contributed by atoms with Crippen LogP contribution in [0.2, 0.25) is 0 Å². The van der Waals surface area contributed by atoms with E-state index in [-0.39, 0.29) is 11.8 Å². The van der Waals surface area contributed by atoms with Crippen LogP contribution >= 0.6 is 0 Å². The molecule has 2 heterocycles. The van der Waals surface area contributed by atoms with Gasteiger partial charge in [0.2, 0.25) is 11.8 Å². The van der Waals surface area contributed by atoms with Gasteiger partial charge in [-0.2, -0.15) is 0 Å². The third kappa shape index (κ3) is 4.08. The number of benzene rings is 3. The maximum absolute atomic E-state index is 12.9. The number of piperidine rings is 1. The molecule has 2 aliphatic heterocycles. The predicted octanol–water partition coefficient (Wildman–Crippen LogP) is 2.92. The summed E-state index contributed by atoms with van der Waals surface area (Å²) in [5.74, 6) is -1.07. The normalized spacial score (nSPS) is 18.0. The van der Waals surface area contributed by atoms with E-state index < -0.39 is 18.0 Å². The number of fused-ring (bicyclic) bond motifs is 2. The minimum absolute atomic E-state index is 0.259. The van der Waals surface area contributed by atoms with E-state index in [9.17, 15) is 19.2 Å². The number of rotatable bonds is 3. The summed E-state index contributed by atoms with van der Waals surface area (Å²) < 4.78 is 0. The molecule has 1 saturated heterocycles. The molecule has 1 fully saturated rings. The van der Waals surface area contributed by atoms with Crippen LogP contribution in [-0.2, 0) is 22.7 Å². The number of carbonyl (C=O) groups excluding carboxylic acids is 4. The molecule has 8 heteroatoms. The van der Waals surface area contributed by atoms with Gasteiger partial charge in [-0.1, -0.05) is 48.5 Å². The first kappa shape index (κ1) is 20.8. The van der Waals surface area contributed by atoms with Crippen LogP contribution in [0.15, 0.2) is 60.7 Å². The zero-order valence-electron chi connectivity index (χ0n) is 17.8. The van der Waals surface area contributed by atoms with Crippen LogP contribution in [0.3, 0.4) is 0 Å². The lowest BCUT2D eigenvalue weighted by atomic mass is 10.0. The highest BCUT2D eigenvalue weighted by Crippen LogP contribution is 2.30. The number of nitrogens with zero attached hydrogens (tertiary/aromatic N) is 1. The second-order valence-electron chi connectivity index (χ2n) is 8.25. The number of imide groups is 2. The van der Waals surface area contributed by atoms with Crippen molar-refractivity contribution in [3.05, 3.63) is 77.4 Å². The number of hydrogen-bond donors (Lipinski definition) is 3. The lowest BCUT2D eigenvalue weighted by molar-refractivity contribution is -0.137. The fourth-order valence-corrected chi connectivity index (χ4v) is 4.57. The highest BCUT2D eigenvalue weighted by molar-refractivity contribution is 6.11. The van der Waals surface area contributed by atoms with E-state index in [0.717, 1.165) is 21.9 Å². The number of carbonyl (C=O) groups is 4. The average molecular weight is 442 g/mol. The quantitative estimate of drug-likeness (QED) is 0.541. The highest BCUT2D eigenvalue weighted by atomic mass is 16.2. The Balaban J connectivity index is 1.30. The van der Waals surface area contributed by atoms with Gasteiger partial charge in [-0.15, -0.1) is 0 Å². The molecule has 33 heavy (non-hydrogen) atoms. The third-order valence-corrected chi connectivity index (χ3v) is 6.17. The van der Waals surface area contributed by atoms with Crippen molar-refractivity contribution in [2.45, 2.75) is 32.0 Å². The molecular formula is C25H22N4O4. The molecule has 1 atom stereocenters. The fraction of sp³-hybridized carbons (Fsp3) is 0.200. The van der Waals surface area contributed by atoms with Crippen LogP contribution in [-0.4, -0.2) is 34.7 Å². The van der Waals surface area contributed by atoms with Gasteiger partial charge in [-0.25, -0.2) is 4.79 Å². The number of anilines is 1. The van der Waals surface area contributed by atoms with Crippen LogP contribution in [0.5, 0.6) is 0 Å². The SMILES string of the molecule is O=C1CCC(N2Cc3cccc(C(=O)NC(=O)Nc4cccc5ccccc45)c3C2)C(=O)N1. The number of hydrogen-bond acceptors (Lipinski definition) is 5. The van der Waals surface area contributed by atoms with Crippen molar-refractivity contribution in [3.8, 4) is 0 Å². The van der Waals surface area contributed by atoms with Crippen molar-refractivity contribution >= 4 is 40.2 Å². The van der Waals surface area contributed by atoms with Gasteiger partial charge in [0.15, 0.2) is 0 Å². The molecule has 0 aromatic heterocycles. The van der Waals surface area contributed by atoms with E-state index in [1.165, 1.54) is 0 Å². The van der Waals surface area contributed by atoms with Crippen LogP contribution in [0.25, 0.3) is 10.8 Å². The first-order chi connectivity index (χ1) is 16.0. The molecule has 8 nitrogen and oxygen atoms in total. The Morgan fingerprint density at radius 3 is 2.58 bits per heavy atom. The van der Waals surface area contributed by atoms with Gasteiger partial charge < -0.3 is 5.32 Å². The summed E-state index contributed by atoms with van der Waals surface area (Å²) in [6, 6.07) is 17.6. The number of amides is 5. The Hall–Kier alpha value is -4.04. The van der Waals surface area contributed by atoms with Gasteiger partial charge in [-0.05, 0) is 35.1 Å². The minimum atomic E-state index is -0.617. The molecule has 2 aliphatic rings. The Kier molecular flexibility index (Phi) is 5.35. The standard InChI is InChI=1S/C25H22N4O4/c30-22-12-11-21(24(32)27-22)29-13-16-7-3-9-18(19(16)14-29)23(31)28-25(33)26-20-10-4-6-15-5-1-2-8-17(15)20/h1-10,21H,11-14H2,(H,27,30,32)(H2,26,28,31,33). The van der Waals surface area contributed by atoms with E-state index in [4.69, 9.17) is 0 Å². The van der Waals surface area contributed by atoms with E-state index in [0.29, 0.717) is 37.2 Å². The van der Waals surface area contributed by atoms with Crippen molar-refractivity contribution < 1.29 is 19.2 Å². The van der Waals surface area contributed by atoms with Crippen LogP contribution < -0.4 is 16.0 Å². The van der Waals surface area contributed by atoms with Gasteiger partial charge in [0, 0.05) is 30.5 Å². The summed E-state index contributed by atoms with van der Waals surface area (Å²) in [5.41, 5.74) is 2.73. The lowest BCUT2D eigenvalue weighted by Gasteiger charge is -2.29. The maximum Gasteiger partial charge on any atom is 0.326 e. The molecule has 0 saturated carbocycles. The third-order valence-electron chi connectivity index (χ3n) is 6.17. The topological polar surface area (TPSA) is 108 Å². The van der Waals surface area contributed by atoms with Crippen LogP contribution in [0, 0.1) is 0 Å². The molecule has 0 radical (unpaired) electrons. The summed E-state index contributed by atoms with van der Waals surface area (Å²) >= 11 is 0. The van der Waals surface area contributed by atoms with Gasteiger partial charge in [0.25, 0.3) is 5.91 Å². The molecule has 0 bridgehead atoms. The summed E-state index contributed by atoms with van der Waals surface area (Å²) in [6.45, 7) is 0.904. The Morgan fingerprint density at radius 1 is 0.939 bits per heavy atom. The molecule has 0 spiro atoms. The van der Waals surface area contributed by atoms with Gasteiger partial charge in [0.1, 0.15) is 0 Å². The largest absolute Gasteiger partial charge is 0.326 e. The Bertz CT molecular complexity index is 1300. The number of urea groups is 1. The second-order valence-corrected chi connectivity index (χ2v) is 8.25. The highest BCUT2D eigenvalue weighted by Gasteiger charge is 2.36. The molecule has 3 N–H and O–H groups in total. The summed E-state index contributed by atoms with van der Waals surface area (Å²) in [6.07, 6.45) is 0.749. The van der Waals surface area contributed by atoms with Gasteiger partial charge in [-0.3, -0.25) is 29.9 Å². The molecule has 5 amide bonds. The van der Waals surface area contributed by atoms with Crippen molar-refractivity contribution in [3.63, 3.8) is 0 Å². The Labute approximate surface area is 189 Å². The monoisotopic (exact) mass is 442 g/mol. The average Bonchev–Trinajstić information content (AvgIpc) is 3.23. The molecule has 5 rings (SSSR count). The van der Waals surface area contributed by atoms with E-state index in [2.05, 4.69) is 16.0 Å². The van der Waals surface area contributed by atoms with Gasteiger partial charge >= 0.3 is 6.03 Å². The zero-order valence-corrected chi connectivity index (χ0v) is 17.8. The van der Waals surface area contributed by atoms with E-state index in [1.807, 2.05) is 47.4 Å². The summed E-state index contributed by atoms with van der Waals surface area (Å²) in [7, 11) is 0. The lowest BCUT2D eigenvalue weighted by Crippen LogP contribution is -2.50. The molecule has 1 unspecified atom stereocenters. The van der Waals surface area contributed by atoms with Crippen LogP contribution in [0.1, 0.15) is 34.3 Å². The summed E-state index contributed by atoms with van der Waals surface area (Å²) in [5, 5.41) is 9.42. The second kappa shape index (κ2) is 8.48. The molecular weight excluding hydrogens is 420 g/mol. The summed E-state index contributed by atoms with van der Waals surface area (Å²) in [4.78, 5) is 51.2. The molecule has 0 aliphatic carbocycles. The minimum Gasteiger partial charge on any atom is -0.307 e. The maximum atomic E-state index is 12.9. The van der Waals surface area contributed by atoms with E-state index >= 15 is 0 Å². The van der Waals surface area contributed by atoms with Gasteiger partial charge in [0.05, 0.1) is 11.7 Å². The van der Waals surface area contributed by atoms with E-state index in [1.54, 1.807) is 18.2 Å². The first-order valence-electron chi connectivity index (χ1n) is 10.8. The number of nitrogens with one attached hydrogen (secondary N) is 3. The van der Waals surface area contributed by atoms with Crippen LogP contribution in [0.4, 0.5) is 10.5 Å². The molecule has 166 valence electrons. The molecule has 3 aromatic rings. The predicted molar refractivity (Wildman–Crippen MR) is 122 cm³/mol. The van der Waals surface area contributed by atoms with Crippen molar-refractivity contribution in [1.82, 2.24) is 15.5 Å². The van der Waals surface area contributed by atoms with Crippen molar-refractivity contribution in [2.24, 2.45) is 0 Å². The fourth-order valence-electron chi connectivity index (χ4n) is 4.57. The van der Waals surface area contributed by atoms with Crippen molar-refractivity contribution in [1.29, 1.82) is 0 Å². The van der Waals surface area contributed by atoms with Crippen molar-refractivity contribution in [2.75, 3.05) is 5.32 Å². The Morgan fingerprint density at radius 2 is 1.73 bits per heavy atom. The smallest absolute Gasteiger partial charge is 0.307 e. The molecule has 3 aromatic carbocycles.